The summed E-state index contributed by atoms with van der Waals surface area (Å²) in [6, 6.07) is 16.0. The van der Waals surface area contributed by atoms with Gasteiger partial charge in [0, 0.05) is 41.2 Å². The first-order valence-corrected chi connectivity index (χ1v) is 10.6. The molecule has 29 heavy (non-hydrogen) atoms. The standard InChI is InChI=1S/C23H23BrN4O/c1-16-4-6-17(7-5-16)19-13-25-23(26-14-19)28-12-2-3-18(15-28)22(29)27-21-10-8-20(24)9-11-21/h4-11,13-14,18H,2-3,12,15H2,1H3,(H,27,29)/t18-/m1/s1. The second-order valence-corrected chi connectivity index (χ2v) is 8.33. The summed E-state index contributed by atoms with van der Waals surface area (Å²) in [6.45, 7) is 3.57. The highest BCUT2D eigenvalue weighted by molar-refractivity contribution is 9.10. The lowest BCUT2D eigenvalue weighted by molar-refractivity contribution is -0.120. The van der Waals surface area contributed by atoms with E-state index in [1.807, 2.05) is 36.7 Å². The third-order valence-electron chi connectivity index (χ3n) is 5.21. The van der Waals surface area contributed by atoms with E-state index in [0.717, 1.165) is 40.7 Å². The Labute approximate surface area is 179 Å². The largest absolute Gasteiger partial charge is 0.340 e. The predicted molar refractivity (Wildman–Crippen MR) is 120 cm³/mol. The summed E-state index contributed by atoms with van der Waals surface area (Å²) in [4.78, 5) is 23.9. The molecule has 1 aromatic heterocycles. The average Bonchev–Trinajstić information content (AvgIpc) is 2.76. The van der Waals surface area contributed by atoms with Gasteiger partial charge in [0.1, 0.15) is 0 Å². The molecule has 148 valence electrons. The van der Waals surface area contributed by atoms with Crippen LogP contribution in [0.25, 0.3) is 11.1 Å². The topological polar surface area (TPSA) is 58.1 Å². The van der Waals surface area contributed by atoms with Crippen LogP contribution in [0.1, 0.15) is 18.4 Å². The van der Waals surface area contributed by atoms with Gasteiger partial charge in [-0.05, 0) is 49.6 Å². The van der Waals surface area contributed by atoms with E-state index in [0.29, 0.717) is 12.5 Å². The highest BCUT2D eigenvalue weighted by atomic mass is 79.9. The zero-order valence-corrected chi connectivity index (χ0v) is 17.9. The Morgan fingerprint density at radius 1 is 1.03 bits per heavy atom. The Balaban J connectivity index is 1.41. The number of nitrogens with one attached hydrogen (secondary N) is 1. The molecular weight excluding hydrogens is 428 g/mol. The number of carbonyl (C=O) groups is 1. The van der Waals surface area contributed by atoms with Crippen molar-refractivity contribution in [2.75, 3.05) is 23.3 Å². The monoisotopic (exact) mass is 450 g/mol. The minimum atomic E-state index is -0.0761. The van der Waals surface area contributed by atoms with Gasteiger partial charge >= 0.3 is 0 Å². The van der Waals surface area contributed by atoms with Gasteiger partial charge in [0.2, 0.25) is 11.9 Å². The van der Waals surface area contributed by atoms with Crippen molar-refractivity contribution in [3.63, 3.8) is 0 Å². The van der Waals surface area contributed by atoms with Gasteiger partial charge in [-0.2, -0.15) is 0 Å². The van der Waals surface area contributed by atoms with Gasteiger partial charge < -0.3 is 10.2 Å². The van der Waals surface area contributed by atoms with Crippen molar-refractivity contribution < 1.29 is 4.79 Å². The Morgan fingerprint density at radius 2 is 1.72 bits per heavy atom. The summed E-state index contributed by atoms with van der Waals surface area (Å²) < 4.78 is 0.991. The van der Waals surface area contributed by atoms with E-state index in [1.165, 1.54) is 5.56 Å². The van der Waals surface area contributed by atoms with Gasteiger partial charge in [0.25, 0.3) is 0 Å². The van der Waals surface area contributed by atoms with Crippen LogP contribution in [0.15, 0.2) is 65.4 Å². The number of piperidine rings is 1. The summed E-state index contributed by atoms with van der Waals surface area (Å²) in [6.07, 6.45) is 5.54. The van der Waals surface area contributed by atoms with E-state index < -0.39 is 0 Å². The molecule has 1 N–H and O–H groups in total. The number of benzene rings is 2. The van der Waals surface area contributed by atoms with Crippen LogP contribution in [-0.4, -0.2) is 29.0 Å². The molecule has 0 saturated carbocycles. The van der Waals surface area contributed by atoms with Crippen LogP contribution in [0.3, 0.4) is 0 Å². The molecule has 0 aliphatic carbocycles. The van der Waals surface area contributed by atoms with Gasteiger partial charge in [0.15, 0.2) is 0 Å². The molecule has 5 nitrogen and oxygen atoms in total. The van der Waals surface area contributed by atoms with Crippen LogP contribution >= 0.6 is 15.9 Å². The molecule has 0 bridgehead atoms. The number of aryl methyl sites for hydroxylation is 1. The van der Waals surface area contributed by atoms with Crippen molar-refractivity contribution in [1.29, 1.82) is 0 Å². The highest BCUT2D eigenvalue weighted by Gasteiger charge is 2.27. The van der Waals surface area contributed by atoms with Gasteiger partial charge in [-0.3, -0.25) is 4.79 Å². The highest BCUT2D eigenvalue weighted by Crippen LogP contribution is 2.24. The van der Waals surface area contributed by atoms with Crippen molar-refractivity contribution in [3.8, 4) is 11.1 Å². The molecule has 1 aliphatic rings. The fourth-order valence-corrected chi connectivity index (χ4v) is 3.79. The quantitative estimate of drug-likeness (QED) is 0.602. The number of halogens is 1. The van der Waals surface area contributed by atoms with Crippen molar-refractivity contribution in [1.82, 2.24) is 9.97 Å². The lowest BCUT2D eigenvalue weighted by atomic mass is 9.97. The Bertz CT molecular complexity index is 971. The zero-order valence-electron chi connectivity index (χ0n) is 16.3. The number of carbonyl (C=O) groups excluding carboxylic acids is 1. The second-order valence-electron chi connectivity index (χ2n) is 7.42. The summed E-state index contributed by atoms with van der Waals surface area (Å²) in [5, 5.41) is 3.02. The first kappa shape index (κ1) is 19.6. The van der Waals surface area contributed by atoms with E-state index >= 15 is 0 Å². The fraction of sp³-hybridized carbons (Fsp3) is 0.261. The van der Waals surface area contributed by atoms with Crippen molar-refractivity contribution in [2.45, 2.75) is 19.8 Å². The molecule has 1 amide bonds. The molecule has 2 heterocycles. The minimum absolute atomic E-state index is 0.0493. The molecule has 1 aliphatic heterocycles. The maximum absolute atomic E-state index is 12.7. The van der Waals surface area contributed by atoms with Crippen LogP contribution in [0.5, 0.6) is 0 Å². The van der Waals surface area contributed by atoms with E-state index in [1.54, 1.807) is 0 Å². The van der Waals surface area contributed by atoms with E-state index in [9.17, 15) is 4.79 Å². The van der Waals surface area contributed by atoms with Crippen molar-refractivity contribution in [2.24, 2.45) is 5.92 Å². The van der Waals surface area contributed by atoms with Crippen LogP contribution < -0.4 is 10.2 Å². The number of aromatic nitrogens is 2. The number of hydrogen-bond acceptors (Lipinski definition) is 4. The molecule has 1 fully saturated rings. The Kier molecular flexibility index (Phi) is 5.90. The van der Waals surface area contributed by atoms with Crippen molar-refractivity contribution >= 4 is 33.5 Å². The molecule has 3 aromatic rings. The number of rotatable bonds is 4. The van der Waals surface area contributed by atoms with Gasteiger partial charge in [-0.15, -0.1) is 0 Å². The molecule has 6 heteroatoms. The number of hydrogen-bond donors (Lipinski definition) is 1. The Morgan fingerprint density at radius 3 is 2.41 bits per heavy atom. The first-order chi connectivity index (χ1) is 14.1. The molecular formula is C23H23BrN4O. The SMILES string of the molecule is Cc1ccc(-c2cnc(N3CCC[C@@H](C(=O)Nc4ccc(Br)cc4)C3)nc2)cc1. The predicted octanol–water partition coefficient (Wildman–Crippen LogP) is 5.07. The fourth-order valence-electron chi connectivity index (χ4n) is 3.53. The van der Waals surface area contributed by atoms with E-state index in [-0.39, 0.29) is 11.8 Å². The molecule has 1 saturated heterocycles. The molecule has 2 aromatic carbocycles. The van der Waals surface area contributed by atoms with Crippen LogP contribution in [-0.2, 0) is 4.79 Å². The molecule has 0 radical (unpaired) electrons. The normalized spacial score (nSPS) is 16.5. The van der Waals surface area contributed by atoms with Gasteiger partial charge in [-0.25, -0.2) is 9.97 Å². The van der Waals surface area contributed by atoms with Gasteiger partial charge in [0.05, 0.1) is 5.92 Å². The number of amides is 1. The maximum atomic E-state index is 12.7. The average molecular weight is 451 g/mol. The summed E-state index contributed by atoms with van der Waals surface area (Å²) in [5.74, 6) is 0.656. The zero-order chi connectivity index (χ0) is 20.2. The van der Waals surface area contributed by atoms with Crippen LogP contribution in [0.2, 0.25) is 0 Å². The Hall–Kier alpha value is -2.73. The third-order valence-corrected chi connectivity index (χ3v) is 5.74. The van der Waals surface area contributed by atoms with Crippen molar-refractivity contribution in [3.05, 3.63) is 71.0 Å². The number of nitrogens with zero attached hydrogens (tertiary/aromatic N) is 3. The first-order valence-electron chi connectivity index (χ1n) is 9.79. The molecule has 1 atom stereocenters. The third kappa shape index (κ3) is 4.82. The number of anilines is 2. The van der Waals surface area contributed by atoms with E-state index in [2.05, 4.69) is 67.3 Å². The lowest BCUT2D eigenvalue weighted by Gasteiger charge is -2.32. The van der Waals surface area contributed by atoms with Gasteiger partial charge in [-0.1, -0.05) is 45.8 Å². The molecule has 0 unspecified atom stereocenters. The van der Waals surface area contributed by atoms with Crippen LogP contribution in [0.4, 0.5) is 11.6 Å². The lowest BCUT2D eigenvalue weighted by Crippen LogP contribution is -2.41. The maximum Gasteiger partial charge on any atom is 0.229 e. The molecule has 4 rings (SSSR count). The summed E-state index contributed by atoms with van der Waals surface area (Å²) in [7, 11) is 0. The minimum Gasteiger partial charge on any atom is -0.340 e. The summed E-state index contributed by atoms with van der Waals surface area (Å²) in [5.41, 5.74) is 4.14. The van der Waals surface area contributed by atoms with Crippen LogP contribution in [0, 0.1) is 12.8 Å². The molecule has 0 spiro atoms. The smallest absolute Gasteiger partial charge is 0.229 e. The van der Waals surface area contributed by atoms with E-state index in [4.69, 9.17) is 0 Å². The second kappa shape index (κ2) is 8.74. The summed E-state index contributed by atoms with van der Waals surface area (Å²) >= 11 is 3.41.